The van der Waals surface area contributed by atoms with Crippen molar-refractivity contribution < 1.29 is 4.79 Å². The van der Waals surface area contributed by atoms with Crippen LogP contribution in [0.5, 0.6) is 0 Å². The Morgan fingerprint density at radius 1 is 1.35 bits per heavy atom. The Morgan fingerprint density at radius 2 is 2.15 bits per heavy atom. The average Bonchev–Trinajstić information content (AvgIpc) is 2.88. The lowest BCUT2D eigenvalue weighted by atomic mass is 9.85. The maximum atomic E-state index is 12.4. The van der Waals surface area contributed by atoms with Gasteiger partial charge in [-0.2, -0.15) is 0 Å². The molecule has 0 aromatic heterocycles. The first-order valence-electron chi connectivity index (χ1n) is 7.16. The largest absolute Gasteiger partial charge is 0.324 e. The van der Waals surface area contributed by atoms with Gasteiger partial charge in [0.15, 0.2) is 0 Å². The smallest absolute Gasteiger partial charge is 0.241 e. The zero-order valence-corrected chi connectivity index (χ0v) is 13.5. The summed E-state index contributed by atoms with van der Waals surface area (Å²) in [5.41, 5.74) is 0.735. The number of nitrogens with one attached hydrogen (secondary N) is 2. The molecule has 5 heteroatoms. The van der Waals surface area contributed by atoms with Crippen LogP contribution in [0.15, 0.2) is 22.7 Å². The van der Waals surface area contributed by atoms with E-state index in [0.29, 0.717) is 17.0 Å². The van der Waals surface area contributed by atoms with E-state index in [1.807, 2.05) is 12.1 Å². The maximum absolute atomic E-state index is 12.4. The molecular weight excluding hydrogens is 340 g/mol. The van der Waals surface area contributed by atoms with Gasteiger partial charge in [-0.3, -0.25) is 4.79 Å². The molecule has 3 rings (SSSR count). The van der Waals surface area contributed by atoms with Gasteiger partial charge < -0.3 is 10.6 Å². The zero-order chi connectivity index (χ0) is 14.1. The Bertz CT molecular complexity index is 509. The second-order valence-electron chi connectivity index (χ2n) is 5.70. The Hall–Kier alpha value is -0.580. The van der Waals surface area contributed by atoms with Crippen LogP contribution in [0.2, 0.25) is 5.02 Å². The average molecular weight is 358 g/mol. The Kier molecular flexibility index (Phi) is 4.34. The molecule has 1 saturated carbocycles. The summed E-state index contributed by atoms with van der Waals surface area (Å²) in [7, 11) is 0. The lowest BCUT2D eigenvalue weighted by molar-refractivity contribution is -0.117. The van der Waals surface area contributed by atoms with Gasteiger partial charge in [0.25, 0.3) is 0 Å². The number of carbonyl (C=O) groups excluding carboxylic acids is 1. The first-order valence-corrected chi connectivity index (χ1v) is 8.33. The highest BCUT2D eigenvalue weighted by atomic mass is 79.9. The number of benzene rings is 1. The van der Waals surface area contributed by atoms with E-state index in [2.05, 4.69) is 26.6 Å². The number of hydrogen-bond donors (Lipinski definition) is 2. The van der Waals surface area contributed by atoms with Crippen LogP contribution in [-0.4, -0.2) is 18.0 Å². The molecule has 1 aromatic carbocycles. The number of carbonyl (C=O) groups is 1. The molecule has 1 aliphatic carbocycles. The molecular formula is C15H18BrClN2O. The van der Waals surface area contributed by atoms with E-state index in [9.17, 15) is 4.79 Å². The lowest BCUT2D eigenvalue weighted by Gasteiger charge is -2.24. The summed E-state index contributed by atoms with van der Waals surface area (Å²) in [6.45, 7) is 0. The zero-order valence-electron chi connectivity index (χ0n) is 11.2. The third kappa shape index (κ3) is 2.87. The quantitative estimate of drug-likeness (QED) is 0.841. The van der Waals surface area contributed by atoms with Gasteiger partial charge in [-0.1, -0.05) is 30.5 Å². The predicted molar refractivity (Wildman–Crippen MR) is 85.1 cm³/mol. The summed E-state index contributed by atoms with van der Waals surface area (Å²) >= 11 is 9.45. The van der Waals surface area contributed by atoms with Crippen LogP contribution >= 0.6 is 27.5 Å². The van der Waals surface area contributed by atoms with Crippen molar-refractivity contribution >= 4 is 39.1 Å². The summed E-state index contributed by atoms with van der Waals surface area (Å²) in [5, 5.41) is 7.06. The van der Waals surface area contributed by atoms with Crippen molar-refractivity contribution in [2.24, 2.45) is 5.92 Å². The minimum Gasteiger partial charge on any atom is -0.324 e. The summed E-state index contributed by atoms with van der Waals surface area (Å²) < 4.78 is 0.741. The minimum absolute atomic E-state index is 0.0439. The van der Waals surface area contributed by atoms with Gasteiger partial charge in [0.2, 0.25) is 5.91 Å². The molecule has 0 radical (unpaired) electrons. The third-order valence-corrected chi connectivity index (χ3v) is 5.79. The first kappa shape index (κ1) is 14.4. The molecule has 1 saturated heterocycles. The highest BCUT2D eigenvalue weighted by Crippen LogP contribution is 2.34. The molecule has 2 fully saturated rings. The fraction of sp³-hybridized carbons (Fsp3) is 0.533. The molecule has 20 heavy (non-hydrogen) atoms. The molecule has 2 aliphatic rings. The van der Waals surface area contributed by atoms with Crippen LogP contribution in [0.3, 0.4) is 0 Å². The Labute approximate surface area is 132 Å². The van der Waals surface area contributed by atoms with Gasteiger partial charge in [-0.15, -0.1) is 0 Å². The first-order chi connectivity index (χ1) is 9.65. The second-order valence-corrected chi connectivity index (χ2v) is 6.90. The Morgan fingerprint density at radius 3 is 2.95 bits per heavy atom. The monoisotopic (exact) mass is 356 g/mol. The van der Waals surface area contributed by atoms with Crippen molar-refractivity contribution in [2.45, 2.75) is 44.2 Å². The van der Waals surface area contributed by atoms with E-state index >= 15 is 0 Å². The van der Waals surface area contributed by atoms with E-state index in [0.717, 1.165) is 16.6 Å². The maximum Gasteiger partial charge on any atom is 0.241 e. The highest BCUT2D eigenvalue weighted by Gasteiger charge is 2.38. The van der Waals surface area contributed by atoms with Gasteiger partial charge in [-0.05, 0) is 53.2 Å². The molecule has 1 heterocycles. The van der Waals surface area contributed by atoms with Gasteiger partial charge in [0, 0.05) is 6.04 Å². The van der Waals surface area contributed by atoms with Crippen molar-refractivity contribution in [3.8, 4) is 0 Å². The number of fused-ring (bicyclic) bond motifs is 1. The minimum atomic E-state index is -0.0750. The number of amides is 1. The highest BCUT2D eigenvalue weighted by molar-refractivity contribution is 9.10. The fourth-order valence-corrected chi connectivity index (χ4v) is 3.88. The number of rotatable bonds is 2. The van der Waals surface area contributed by atoms with Gasteiger partial charge in [0.1, 0.15) is 0 Å². The standard InChI is InChI=1S/C15H18BrClN2O/c16-14-10(17)5-3-7-12(14)19-15(20)13-8-9-4-1-2-6-11(9)18-13/h3,5,7,9,11,13,18H,1-2,4,6,8H2,(H,19,20). The van der Waals surface area contributed by atoms with Crippen LogP contribution < -0.4 is 10.6 Å². The number of hydrogen-bond acceptors (Lipinski definition) is 2. The van der Waals surface area contributed by atoms with Crippen LogP contribution in [0, 0.1) is 5.92 Å². The van der Waals surface area contributed by atoms with Gasteiger partial charge in [-0.25, -0.2) is 0 Å². The molecule has 2 N–H and O–H groups in total. The third-order valence-electron chi connectivity index (χ3n) is 4.39. The molecule has 0 bridgehead atoms. The summed E-state index contributed by atoms with van der Waals surface area (Å²) in [5.74, 6) is 0.713. The van der Waals surface area contributed by atoms with Gasteiger partial charge >= 0.3 is 0 Å². The molecule has 3 unspecified atom stereocenters. The van der Waals surface area contributed by atoms with Crippen molar-refractivity contribution in [2.75, 3.05) is 5.32 Å². The van der Waals surface area contributed by atoms with Crippen LogP contribution in [0.1, 0.15) is 32.1 Å². The molecule has 0 spiro atoms. The Balaban J connectivity index is 1.66. The summed E-state index contributed by atoms with van der Waals surface area (Å²) in [6, 6.07) is 5.95. The SMILES string of the molecule is O=C(Nc1cccc(Cl)c1Br)C1CC2CCCCC2N1. The van der Waals surface area contributed by atoms with Gasteiger partial charge in [0.05, 0.1) is 21.2 Å². The molecule has 3 nitrogen and oxygen atoms in total. The van der Waals surface area contributed by atoms with Crippen LogP contribution in [-0.2, 0) is 4.79 Å². The normalized spacial score (nSPS) is 29.0. The second kappa shape index (κ2) is 6.04. The summed E-state index contributed by atoms with van der Waals surface area (Å²) in [4.78, 5) is 12.4. The van der Waals surface area contributed by atoms with Crippen molar-refractivity contribution in [3.63, 3.8) is 0 Å². The summed E-state index contributed by atoms with van der Waals surface area (Å²) in [6.07, 6.45) is 5.99. The van der Waals surface area contributed by atoms with E-state index < -0.39 is 0 Å². The van der Waals surface area contributed by atoms with E-state index in [-0.39, 0.29) is 11.9 Å². The topological polar surface area (TPSA) is 41.1 Å². The molecule has 1 amide bonds. The van der Waals surface area contributed by atoms with Crippen molar-refractivity contribution in [1.29, 1.82) is 0 Å². The van der Waals surface area contributed by atoms with Crippen LogP contribution in [0.25, 0.3) is 0 Å². The van der Waals surface area contributed by atoms with E-state index in [1.165, 1.54) is 25.7 Å². The van der Waals surface area contributed by atoms with E-state index in [1.54, 1.807) is 6.07 Å². The molecule has 1 aromatic rings. The number of halogens is 2. The van der Waals surface area contributed by atoms with Crippen molar-refractivity contribution in [3.05, 3.63) is 27.7 Å². The molecule has 1 aliphatic heterocycles. The van der Waals surface area contributed by atoms with Crippen LogP contribution in [0.4, 0.5) is 5.69 Å². The lowest BCUT2D eigenvalue weighted by Crippen LogP contribution is -2.39. The predicted octanol–water partition coefficient (Wildman–Crippen LogP) is 3.96. The fourth-order valence-electron chi connectivity index (χ4n) is 3.34. The van der Waals surface area contributed by atoms with E-state index in [4.69, 9.17) is 11.6 Å². The number of anilines is 1. The molecule has 108 valence electrons. The van der Waals surface area contributed by atoms with Crippen molar-refractivity contribution in [1.82, 2.24) is 5.32 Å². The molecule has 3 atom stereocenters.